The molecule has 0 aliphatic rings. The molecule has 0 aromatic carbocycles. The lowest BCUT2D eigenvalue weighted by molar-refractivity contribution is 0.951. The van der Waals surface area contributed by atoms with E-state index in [9.17, 15) is 4.79 Å². The van der Waals surface area contributed by atoms with E-state index in [-0.39, 0.29) is 22.9 Å². The van der Waals surface area contributed by atoms with Crippen LogP contribution in [0.1, 0.15) is 11.4 Å². The SMILES string of the molecule is N#Cc1ncn(-c2nc[nH]c(=O)c2N)c1C#N. The van der Waals surface area contributed by atoms with Crippen molar-refractivity contribution in [1.82, 2.24) is 19.5 Å². The van der Waals surface area contributed by atoms with Crippen molar-refractivity contribution < 1.29 is 0 Å². The summed E-state index contributed by atoms with van der Waals surface area (Å²) in [7, 11) is 0. The second-order valence-electron chi connectivity index (χ2n) is 3.00. The number of nitrogens with zero attached hydrogens (tertiary/aromatic N) is 5. The number of nitriles is 2. The van der Waals surface area contributed by atoms with Gasteiger partial charge in [0, 0.05) is 0 Å². The first-order valence-electron chi connectivity index (χ1n) is 4.40. The van der Waals surface area contributed by atoms with Gasteiger partial charge in [0.05, 0.1) is 6.33 Å². The Morgan fingerprint density at radius 3 is 2.76 bits per heavy atom. The fourth-order valence-corrected chi connectivity index (χ4v) is 1.29. The predicted molar refractivity (Wildman–Crippen MR) is 55.8 cm³/mol. The van der Waals surface area contributed by atoms with Crippen LogP contribution < -0.4 is 11.3 Å². The molecule has 0 bridgehead atoms. The summed E-state index contributed by atoms with van der Waals surface area (Å²) in [6.07, 6.45) is 2.37. The molecule has 2 heterocycles. The average Bonchev–Trinajstić information content (AvgIpc) is 2.75. The molecule has 0 saturated carbocycles. The number of nitrogens with one attached hydrogen (secondary N) is 1. The molecule has 82 valence electrons. The van der Waals surface area contributed by atoms with E-state index in [1.165, 1.54) is 10.9 Å². The molecule has 3 N–H and O–H groups in total. The lowest BCUT2D eigenvalue weighted by atomic mass is 10.3. The van der Waals surface area contributed by atoms with Crippen molar-refractivity contribution >= 4 is 5.69 Å². The Morgan fingerprint density at radius 2 is 2.12 bits per heavy atom. The number of imidazole rings is 1. The van der Waals surface area contributed by atoms with Crippen molar-refractivity contribution in [2.45, 2.75) is 0 Å². The van der Waals surface area contributed by atoms with Crippen LogP contribution in [0.25, 0.3) is 5.82 Å². The maximum atomic E-state index is 11.3. The molecule has 2 rings (SSSR count). The maximum absolute atomic E-state index is 11.3. The zero-order chi connectivity index (χ0) is 12.4. The topological polar surface area (TPSA) is 137 Å². The van der Waals surface area contributed by atoms with E-state index in [1.54, 1.807) is 6.07 Å². The minimum Gasteiger partial charge on any atom is -0.391 e. The zero-order valence-electron chi connectivity index (χ0n) is 8.38. The van der Waals surface area contributed by atoms with E-state index < -0.39 is 5.56 Å². The van der Waals surface area contributed by atoms with Crippen LogP contribution in [0.15, 0.2) is 17.4 Å². The first-order chi connectivity index (χ1) is 8.19. The van der Waals surface area contributed by atoms with E-state index >= 15 is 0 Å². The summed E-state index contributed by atoms with van der Waals surface area (Å²) in [5.74, 6) is 0.0688. The second kappa shape index (κ2) is 3.79. The molecular formula is C9H5N7O. The molecule has 8 heteroatoms. The third-order valence-corrected chi connectivity index (χ3v) is 2.08. The van der Waals surface area contributed by atoms with Crippen molar-refractivity contribution in [3.05, 3.63) is 34.4 Å². The van der Waals surface area contributed by atoms with E-state index in [0.717, 1.165) is 6.33 Å². The fourth-order valence-electron chi connectivity index (χ4n) is 1.29. The van der Waals surface area contributed by atoms with Gasteiger partial charge in [-0.25, -0.2) is 9.97 Å². The van der Waals surface area contributed by atoms with E-state index in [2.05, 4.69) is 15.0 Å². The van der Waals surface area contributed by atoms with Crippen LogP contribution in [0.2, 0.25) is 0 Å². The largest absolute Gasteiger partial charge is 0.391 e. The lowest BCUT2D eigenvalue weighted by Gasteiger charge is -2.03. The quantitative estimate of drug-likeness (QED) is 0.659. The highest BCUT2D eigenvalue weighted by atomic mass is 16.1. The monoisotopic (exact) mass is 227 g/mol. The van der Waals surface area contributed by atoms with Gasteiger partial charge in [0.1, 0.15) is 24.2 Å². The van der Waals surface area contributed by atoms with Gasteiger partial charge in [-0.15, -0.1) is 0 Å². The van der Waals surface area contributed by atoms with Crippen LogP contribution in [0, 0.1) is 22.7 Å². The van der Waals surface area contributed by atoms with Crippen molar-refractivity contribution in [3.8, 4) is 18.0 Å². The van der Waals surface area contributed by atoms with Gasteiger partial charge in [-0.1, -0.05) is 0 Å². The number of hydrogen-bond acceptors (Lipinski definition) is 6. The Morgan fingerprint density at radius 1 is 1.35 bits per heavy atom. The van der Waals surface area contributed by atoms with E-state index in [4.69, 9.17) is 16.3 Å². The second-order valence-corrected chi connectivity index (χ2v) is 3.00. The molecule has 0 amide bonds. The molecule has 8 nitrogen and oxygen atoms in total. The molecule has 0 aliphatic heterocycles. The maximum Gasteiger partial charge on any atom is 0.276 e. The number of nitrogen functional groups attached to an aromatic ring is 1. The molecule has 0 spiro atoms. The molecule has 0 aliphatic carbocycles. The number of aromatic amines is 1. The number of anilines is 1. The van der Waals surface area contributed by atoms with E-state index in [0.29, 0.717) is 0 Å². The molecule has 0 fully saturated rings. The highest BCUT2D eigenvalue weighted by Gasteiger charge is 2.15. The number of nitrogens with two attached hydrogens (primary N) is 1. The first-order valence-corrected chi connectivity index (χ1v) is 4.40. The van der Waals surface area contributed by atoms with Crippen molar-refractivity contribution in [2.24, 2.45) is 0 Å². The summed E-state index contributed by atoms with van der Waals surface area (Å²) < 4.78 is 1.20. The van der Waals surface area contributed by atoms with Crippen molar-refractivity contribution in [1.29, 1.82) is 10.5 Å². The Labute approximate surface area is 94.6 Å². The summed E-state index contributed by atoms with van der Waals surface area (Å²) in [6, 6.07) is 3.57. The number of rotatable bonds is 1. The molecule has 2 aromatic heterocycles. The van der Waals surface area contributed by atoms with Gasteiger partial charge < -0.3 is 10.7 Å². The standard InChI is InChI=1S/C9H5N7O/c10-1-5-6(2-11)16(4-15-5)8-7(12)9(17)14-3-13-8/h3-4H,12H2,(H,13,14,17). The Kier molecular flexibility index (Phi) is 2.32. The van der Waals surface area contributed by atoms with Gasteiger partial charge in [0.15, 0.2) is 17.2 Å². The average molecular weight is 227 g/mol. The molecule has 0 saturated heterocycles. The molecule has 0 atom stereocenters. The fraction of sp³-hybridized carbons (Fsp3) is 0. The van der Waals surface area contributed by atoms with Crippen LogP contribution in [0.4, 0.5) is 5.69 Å². The van der Waals surface area contributed by atoms with Crippen LogP contribution in [0.5, 0.6) is 0 Å². The van der Waals surface area contributed by atoms with Gasteiger partial charge in [-0.2, -0.15) is 10.5 Å². The number of hydrogen-bond donors (Lipinski definition) is 2. The summed E-state index contributed by atoms with van der Waals surface area (Å²) in [5, 5.41) is 17.7. The van der Waals surface area contributed by atoms with E-state index in [1.807, 2.05) is 6.07 Å². The van der Waals surface area contributed by atoms with Crippen LogP contribution in [-0.4, -0.2) is 19.5 Å². The minimum atomic E-state index is -0.522. The zero-order valence-corrected chi connectivity index (χ0v) is 8.38. The van der Waals surface area contributed by atoms with Crippen LogP contribution in [0.3, 0.4) is 0 Å². The Hall–Kier alpha value is -3.13. The molecule has 17 heavy (non-hydrogen) atoms. The Bertz CT molecular complexity index is 712. The third-order valence-electron chi connectivity index (χ3n) is 2.08. The van der Waals surface area contributed by atoms with Crippen LogP contribution >= 0.6 is 0 Å². The van der Waals surface area contributed by atoms with Gasteiger partial charge in [-0.3, -0.25) is 9.36 Å². The first kappa shape index (κ1) is 10.4. The minimum absolute atomic E-state index is 0.0164. The normalized spacial score (nSPS) is 9.53. The highest BCUT2D eigenvalue weighted by molar-refractivity contribution is 5.54. The summed E-state index contributed by atoms with van der Waals surface area (Å²) >= 11 is 0. The van der Waals surface area contributed by atoms with Gasteiger partial charge in [-0.05, 0) is 0 Å². The van der Waals surface area contributed by atoms with Crippen LogP contribution in [-0.2, 0) is 0 Å². The Balaban J connectivity index is 2.76. The van der Waals surface area contributed by atoms with Gasteiger partial charge in [0.25, 0.3) is 5.56 Å². The lowest BCUT2D eigenvalue weighted by Crippen LogP contribution is -2.16. The smallest absolute Gasteiger partial charge is 0.276 e. The summed E-state index contributed by atoms with van der Waals surface area (Å²) in [4.78, 5) is 21.2. The van der Waals surface area contributed by atoms with Gasteiger partial charge >= 0.3 is 0 Å². The molecular weight excluding hydrogens is 222 g/mol. The summed E-state index contributed by atoms with van der Waals surface area (Å²) in [5.41, 5.74) is 4.81. The molecule has 0 unspecified atom stereocenters. The number of aromatic nitrogens is 4. The molecule has 0 radical (unpaired) electrons. The van der Waals surface area contributed by atoms with Crippen molar-refractivity contribution in [2.75, 3.05) is 5.73 Å². The number of H-pyrrole nitrogens is 1. The predicted octanol–water partition coefficient (Wildman–Crippen LogP) is -0.719. The third kappa shape index (κ3) is 1.50. The molecule has 2 aromatic rings. The highest BCUT2D eigenvalue weighted by Crippen LogP contribution is 2.14. The van der Waals surface area contributed by atoms with Crippen molar-refractivity contribution in [3.63, 3.8) is 0 Å². The van der Waals surface area contributed by atoms with Gasteiger partial charge in [0.2, 0.25) is 0 Å². The summed E-state index contributed by atoms with van der Waals surface area (Å²) in [6.45, 7) is 0.